The van der Waals surface area contributed by atoms with Crippen molar-refractivity contribution >= 4 is 0 Å². The van der Waals surface area contributed by atoms with Crippen molar-refractivity contribution in [3.05, 3.63) is 59.4 Å². The number of halogens is 3. The Morgan fingerprint density at radius 1 is 1.00 bits per heavy atom. The second-order valence-corrected chi connectivity index (χ2v) is 4.62. The van der Waals surface area contributed by atoms with Crippen LogP contribution in [0.1, 0.15) is 24.9 Å². The third-order valence-electron chi connectivity index (χ3n) is 3.37. The zero-order valence-corrected chi connectivity index (χ0v) is 11.4. The smallest absolute Gasteiger partial charge is 0.136 e. The van der Waals surface area contributed by atoms with E-state index in [0.29, 0.717) is 17.7 Å². The van der Waals surface area contributed by atoms with Gasteiger partial charge in [0.2, 0.25) is 0 Å². The molecule has 106 valence electrons. The molecular weight excluding hydrogens is 263 g/mol. The number of nitrogens with one attached hydrogen (secondary N) is 1. The summed E-state index contributed by atoms with van der Waals surface area (Å²) in [6.07, 6.45) is 0.912. The molecule has 4 heteroatoms. The molecule has 0 aliphatic carbocycles. The molecule has 2 aromatic rings. The van der Waals surface area contributed by atoms with E-state index in [-0.39, 0.29) is 11.6 Å². The lowest BCUT2D eigenvalue weighted by molar-refractivity contribution is 0.548. The summed E-state index contributed by atoms with van der Waals surface area (Å²) in [5.74, 6) is -2.70. The van der Waals surface area contributed by atoms with Gasteiger partial charge in [0.05, 0.1) is 5.56 Å². The van der Waals surface area contributed by atoms with Crippen LogP contribution in [0.5, 0.6) is 0 Å². The summed E-state index contributed by atoms with van der Waals surface area (Å²) in [5, 5.41) is 3.16. The first-order valence-electron chi connectivity index (χ1n) is 6.49. The monoisotopic (exact) mass is 279 g/mol. The fraction of sp³-hybridized carbons (Fsp3) is 0.250. The van der Waals surface area contributed by atoms with Crippen molar-refractivity contribution in [2.24, 2.45) is 0 Å². The average Bonchev–Trinajstić information content (AvgIpc) is 2.40. The van der Waals surface area contributed by atoms with Crippen molar-refractivity contribution < 1.29 is 13.2 Å². The summed E-state index contributed by atoms with van der Waals surface area (Å²) in [7, 11) is 1.86. The van der Waals surface area contributed by atoms with Crippen molar-refractivity contribution in [2.45, 2.75) is 19.4 Å². The van der Waals surface area contributed by atoms with E-state index < -0.39 is 17.5 Å². The summed E-state index contributed by atoms with van der Waals surface area (Å²) in [5.41, 5.74) is 1.24. The Kier molecular flexibility index (Phi) is 4.45. The zero-order valence-electron chi connectivity index (χ0n) is 11.4. The Labute approximate surface area is 116 Å². The lowest BCUT2D eigenvalue weighted by Gasteiger charge is -2.15. The molecule has 0 spiro atoms. The normalized spacial score (nSPS) is 12.4. The zero-order chi connectivity index (χ0) is 14.7. The quantitative estimate of drug-likeness (QED) is 0.872. The lowest BCUT2D eigenvalue weighted by Crippen LogP contribution is -2.14. The van der Waals surface area contributed by atoms with Gasteiger partial charge in [-0.1, -0.05) is 31.2 Å². The van der Waals surface area contributed by atoms with Gasteiger partial charge in [-0.3, -0.25) is 0 Å². The Morgan fingerprint density at radius 3 is 2.00 bits per heavy atom. The molecule has 0 aliphatic heterocycles. The minimum atomic E-state index is -0.915. The molecule has 0 saturated carbocycles. The van der Waals surface area contributed by atoms with Crippen molar-refractivity contribution in [3.63, 3.8) is 0 Å². The van der Waals surface area contributed by atoms with Crippen LogP contribution in [0.3, 0.4) is 0 Å². The summed E-state index contributed by atoms with van der Waals surface area (Å²) in [6.45, 7) is 2.05. The van der Waals surface area contributed by atoms with Crippen LogP contribution in [-0.2, 0) is 0 Å². The van der Waals surface area contributed by atoms with E-state index in [1.807, 2.05) is 26.1 Å². The molecule has 0 saturated heterocycles. The molecule has 0 bridgehead atoms. The maximum Gasteiger partial charge on any atom is 0.136 e. The molecule has 0 aliphatic rings. The largest absolute Gasteiger partial charge is 0.313 e. The second kappa shape index (κ2) is 6.09. The molecule has 1 nitrogen and oxygen atoms in total. The van der Waals surface area contributed by atoms with Gasteiger partial charge in [-0.2, -0.15) is 0 Å². The molecular formula is C16H16F3N. The Morgan fingerprint density at radius 2 is 1.55 bits per heavy atom. The number of hydrogen-bond donors (Lipinski definition) is 1. The minimum Gasteiger partial charge on any atom is -0.313 e. The van der Waals surface area contributed by atoms with Crippen molar-refractivity contribution in [1.82, 2.24) is 5.32 Å². The predicted molar refractivity (Wildman–Crippen MR) is 73.8 cm³/mol. The highest BCUT2D eigenvalue weighted by Crippen LogP contribution is 2.28. The molecule has 20 heavy (non-hydrogen) atoms. The van der Waals surface area contributed by atoms with E-state index in [4.69, 9.17) is 0 Å². The topological polar surface area (TPSA) is 12.0 Å². The van der Waals surface area contributed by atoms with Crippen LogP contribution in [0, 0.1) is 17.5 Å². The third kappa shape index (κ3) is 2.85. The van der Waals surface area contributed by atoms with E-state index in [1.165, 1.54) is 0 Å². The maximum atomic E-state index is 13.7. The third-order valence-corrected chi connectivity index (χ3v) is 3.37. The Bertz CT molecular complexity index is 566. The summed E-state index contributed by atoms with van der Waals surface area (Å²) in [6, 6.07) is 8.52. The minimum absolute atomic E-state index is 0.199. The van der Waals surface area contributed by atoms with Crippen LogP contribution in [0.15, 0.2) is 36.4 Å². The van der Waals surface area contributed by atoms with Crippen LogP contribution in [-0.4, -0.2) is 7.05 Å². The van der Waals surface area contributed by atoms with Gasteiger partial charge in [0.25, 0.3) is 0 Å². The summed E-state index contributed by atoms with van der Waals surface area (Å²) < 4.78 is 40.3. The summed E-state index contributed by atoms with van der Waals surface area (Å²) in [4.78, 5) is 0. The van der Waals surface area contributed by atoms with Crippen LogP contribution < -0.4 is 5.32 Å². The molecule has 1 atom stereocenters. The molecule has 0 aromatic heterocycles. The number of benzene rings is 2. The highest BCUT2D eigenvalue weighted by Gasteiger charge is 2.14. The molecule has 2 aromatic carbocycles. The predicted octanol–water partition coefficient (Wildman–Crippen LogP) is 4.44. The van der Waals surface area contributed by atoms with Gasteiger partial charge in [0.1, 0.15) is 17.5 Å². The van der Waals surface area contributed by atoms with E-state index in [2.05, 4.69) is 5.32 Å². The van der Waals surface area contributed by atoms with Gasteiger partial charge in [-0.05, 0) is 24.6 Å². The number of hydrogen-bond acceptors (Lipinski definition) is 1. The molecule has 1 N–H and O–H groups in total. The first-order valence-corrected chi connectivity index (χ1v) is 6.49. The molecule has 0 amide bonds. The number of rotatable bonds is 4. The van der Waals surface area contributed by atoms with Crippen molar-refractivity contribution in [3.8, 4) is 11.1 Å². The Balaban J connectivity index is 2.40. The first kappa shape index (κ1) is 14.6. The van der Waals surface area contributed by atoms with Gasteiger partial charge in [0.15, 0.2) is 0 Å². The van der Waals surface area contributed by atoms with Crippen molar-refractivity contribution in [1.29, 1.82) is 0 Å². The molecule has 2 rings (SSSR count). The fourth-order valence-electron chi connectivity index (χ4n) is 2.31. The van der Waals surface area contributed by atoms with E-state index in [9.17, 15) is 13.2 Å². The second-order valence-electron chi connectivity index (χ2n) is 4.62. The molecule has 0 heterocycles. The highest BCUT2D eigenvalue weighted by atomic mass is 19.1. The fourth-order valence-corrected chi connectivity index (χ4v) is 2.31. The highest BCUT2D eigenvalue weighted by molar-refractivity contribution is 5.65. The average molecular weight is 279 g/mol. The lowest BCUT2D eigenvalue weighted by atomic mass is 9.99. The van der Waals surface area contributed by atoms with Crippen LogP contribution in [0.4, 0.5) is 13.2 Å². The van der Waals surface area contributed by atoms with Gasteiger partial charge in [-0.25, -0.2) is 13.2 Å². The van der Waals surface area contributed by atoms with Gasteiger partial charge in [-0.15, -0.1) is 0 Å². The van der Waals surface area contributed by atoms with E-state index >= 15 is 0 Å². The van der Waals surface area contributed by atoms with Gasteiger partial charge < -0.3 is 5.32 Å². The van der Waals surface area contributed by atoms with E-state index in [1.54, 1.807) is 12.1 Å². The van der Waals surface area contributed by atoms with Crippen LogP contribution in [0.25, 0.3) is 11.1 Å². The van der Waals surface area contributed by atoms with Crippen LogP contribution >= 0.6 is 0 Å². The summed E-state index contributed by atoms with van der Waals surface area (Å²) >= 11 is 0. The van der Waals surface area contributed by atoms with Gasteiger partial charge >= 0.3 is 0 Å². The molecule has 1 unspecified atom stereocenters. The standard InChI is InChI=1S/C16H16F3N/c1-3-15(20-2)10-4-6-11(7-5-10)16-13(18)8-12(17)9-14(16)19/h4-9,15,20H,3H2,1-2H3. The van der Waals surface area contributed by atoms with Crippen molar-refractivity contribution in [2.75, 3.05) is 7.05 Å². The maximum absolute atomic E-state index is 13.7. The van der Waals surface area contributed by atoms with E-state index in [0.717, 1.165) is 12.0 Å². The Hall–Kier alpha value is -1.81. The SMILES string of the molecule is CCC(NC)c1ccc(-c2c(F)cc(F)cc2F)cc1. The molecule has 0 radical (unpaired) electrons. The molecule has 0 fully saturated rings. The first-order chi connectivity index (χ1) is 9.56. The van der Waals surface area contributed by atoms with Gasteiger partial charge in [0, 0.05) is 18.2 Å². The van der Waals surface area contributed by atoms with Crippen LogP contribution in [0.2, 0.25) is 0 Å².